The molecule has 1 fully saturated rings. The third-order valence-electron chi connectivity index (χ3n) is 3.57. The predicted octanol–water partition coefficient (Wildman–Crippen LogP) is 3.23. The van der Waals surface area contributed by atoms with E-state index in [1.165, 1.54) is 18.3 Å². The van der Waals surface area contributed by atoms with Crippen molar-refractivity contribution in [3.8, 4) is 0 Å². The fourth-order valence-electron chi connectivity index (χ4n) is 2.41. The molecule has 0 N–H and O–H groups in total. The fraction of sp³-hybridized carbons (Fsp3) is 0.312. The number of halogens is 2. The maximum Gasteiger partial charge on any atom is 0.359 e. The monoisotopic (exact) mass is 335 g/mol. The minimum absolute atomic E-state index is 0.0277. The van der Waals surface area contributed by atoms with Gasteiger partial charge in [-0.25, -0.2) is 19.2 Å². The highest BCUT2D eigenvalue weighted by Crippen LogP contribution is 2.20. The van der Waals surface area contributed by atoms with E-state index in [0.717, 1.165) is 25.9 Å². The number of benzene rings is 1. The molecule has 0 bridgehead atoms. The molecule has 120 valence electrons. The van der Waals surface area contributed by atoms with Crippen LogP contribution in [-0.2, 0) is 11.3 Å². The van der Waals surface area contributed by atoms with Crippen molar-refractivity contribution in [2.45, 2.75) is 19.4 Å². The molecule has 5 nitrogen and oxygen atoms in total. The summed E-state index contributed by atoms with van der Waals surface area (Å²) in [5, 5.41) is 0.136. The molecule has 0 amide bonds. The SMILES string of the molecule is O=C(OCc1cccc(F)c1)c1nc(N2CCCC2)ncc1Cl. The smallest absolute Gasteiger partial charge is 0.359 e. The van der Waals surface area contributed by atoms with Crippen LogP contribution in [0.25, 0.3) is 0 Å². The van der Waals surface area contributed by atoms with Gasteiger partial charge in [0.1, 0.15) is 12.4 Å². The molecule has 3 rings (SSSR count). The Hall–Kier alpha value is -2.21. The molecule has 0 aliphatic carbocycles. The summed E-state index contributed by atoms with van der Waals surface area (Å²) in [6.07, 6.45) is 3.55. The highest BCUT2D eigenvalue weighted by Gasteiger charge is 2.20. The standard InChI is InChI=1S/C16H15ClFN3O2/c17-13-9-19-16(21-6-1-2-7-21)20-14(13)15(22)23-10-11-4-3-5-12(18)8-11/h3-5,8-9H,1-2,6-7,10H2. The average molecular weight is 336 g/mol. The summed E-state index contributed by atoms with van der Waals surface area (Å²) in [7, 11) is 0. The van der Waals surface area contributed by atoms with Crippen LogP contribution >= 0.6 is 11.6 Å². The molecule has 0 radical (unpaired) electrons. The van der Waals surface area contributed by atoms with Crippen molar-refractivity contribution in [3.63, 3.8) is 0 Å². The van der Waals surface area contributed by atoms with Crippen molar-refractivity contribution in [3.05, 3.63) is 52.6 Å². The molecule has 1 aromatic heterocycles. The van der Waals surface area contributed by atoms with Gasteiger partial charge in [-0.1, -0.05) is 23.7 Å². The van der Waals surface area contributed by atoms with E-state index < -0.39 is 5.97 Å². The van der Waals surface area contributed by atoms with Crippen molar-refractivity contribution in [2.75, 3.05) is 18.0 Å². The molecule has 0 spiro atoms. The van der Waals surface area contributed by atoms with Crippen LogP contribution in [0, 0.1) is 5.82 Å². The molecular formula is C16H15ClFN3O2. The summed E-state index contributed by atoms with van der Waals surface area (Å²) >= 11 is 6.00. The second kappa shape index (κ2) is 6.91. The number of anilines is 1. The first-order chi connectivity index (χ1) is 11.1. The van der Waals surface area contributed by atoms with Gasteiger partial charge in [-0.3, -0.25) is 0 Å². The Morgan fingerprint density at radius 3 is 2.87 bits per heavy atom. The van der Waals surface area contributed by atoms with Gasteiger partial charge in [0, 0.05) is 13.1 Å². The van der Waals surface area contributed by atoms with Gasteiger partial charge in [-0.05, 0) is 30.5 Å². The summed E-state index contributed by atoms with van der Waals surface area (Å²) in [5.41, 5.74) is 0.586. The van der Waals surface area contributed by atoms with Crippen molar-refractivity contribution in [1.29, 1.82) is 0 Å². The van der Waals surface area contributed by atoms with Gasteiger partial charge in [-0.15, -0.1) is 0 Å². The van der Waals surface area contributed by atoms with Crippen LogP contribution in [0.4, 0.5) is 10.3 Å². The topological polar surface area (TPSA) is 55.3 Å². The van der Waals surface area contributed by atoms with Gasteiger partial charge >= 0.3 is 5.97 Å². The molecule has 23 heavy (non-hydrogen) atoms. The van der Waals surface area contributed by atoms with Crippen molar-refractivity contribution in [2.24, 2.45) is 0 Å². The van der Waals surface area contributed by atoms with E-state index in [0.29, 0.717) is 11.5 Å². The number of carbonyl (C=O) groups is 1. The molecule has 0 atom stereocenters. The zero-order chi connectivity index (χ0) is 16.2. The lowest BCUT2D eigenvalue weighted by Crippen LogP contribution is -2.22. The van der Waals surface area contributed by atoms with Gasteiger partial charge in [0.05, 0.1) is 11.2 Å². The normalized spacial score (nSPS) is 14.1. The summed E-state index contributed by atoms with van der Waals surface area (Å²) < 4.78 is 18.3. The first-order valence-electron chi connectivity index (χ1n) is 7.32. The highest BCUT2D eigenvalue weighted by molar-refractivity contribution is 6.33. The largest absolute Gasteiger partial charge is 0.456 e. The lowest BCUT2D eigenvalue weighted by atomic mass is 10.2. The number of ether oxygens (including phenoxy) is 1. The first kappa shape index (κ1) is 15.7. The van der Waals surface area contributed by atoms with Crippen LogP contribution in [0.5, 0.6) is 0 Å². The zero-order valence-electron chi connectivity index (χ0n) is 12.3. The number of carbonyl (C=O) groups excluding carboxylic acids is 1. The second-order valence-electron chi connectivity index (χ2n) is 5.27. The third kappa shape index (κ3) is 3.76. The van der Waals surface area contributed by atoms with E-state index in [1.807, 2.05) is 4.90 Å². The molecule has 7 heteroatoms. The molecule has 1 aliphatic heterocycles. The Morgan fingerprint density at radius 2 is 2.13 bits per heavy atom. The Morgan fingerprint density at radius 1 is 1.35 bits per heavy atom. The number of hydrogen-bond donors (Lipinski definition) is 0. The minimum Gasteiger partial charge on any atom is -0.456 e. The average Bonchev–Trinajstić information content (AvgIpc) is 3.07. The number of esters is 1. The molecule has 2 heterocycles. The van der Waals surface area contributed by atoms with Crippen molar-refractivity contribution >= 4 is 23.5 Å². The molecule has 1 saturated heterocycles. The molecule has 0 saturated carbocycles. The Labute approximate surface area is 138 Å². The first-order valence-corrected chi connectivity index (χ1v) is 7.70. The number of aromatic nitrogens is 2. The Bertz CT molecular complexity index is 720. The molecular weight excluding hydrogens is 321 g/mol. The van der Waals surface area contributed by atoms with E-state index >= 15 is 0 Å². The van der Waals surface area contributed by atoms with Gasteiger partial charge < -0.3 is 9.64 Å². The highest BCUT2D eigenvalue weighted by atomic mass is 35.5. The molecule has 2 aromatic rings. The van der Waals surface area contributed by atoms with E-state index in [2.05, 4.69) is 9.97 Å². The van der Waals surface area contributed by atoms with Gasteiger partial charge in [0.25, 0.3) is 0 Å². The maximum atomic E-state index is 13.1. The lowest BCUT2D eigenvalue weighted by Gasteiger charge is -2.15. The number of hydrogen-bond acceptors (Lipinski definition) is 5. The summed E-state index contributed by atoms with van der Waals surface area (Å²) in [5.74, 6) is -0.554. The summed E-state index contributed by atoms with van der Waals surface area (Å²) in [4.78, 5) is 22.6. The maximum absolute atomic E-state index is 13.1. The van der Waals surface area contributed by atoms with Gasteiger partial charge in [-0.2, -0.15) is 0 Å². The summed E-state index contributed by atoms with van der Waals surface area (Å²) in [6, 6.07) is 5.87. The fourth-order valence-corrected chi connectivity index (χ4v) is 2.58. The summed E-state index contributed by atoms with van der Waals surface area (Å²) in [6.45, 7) is 1.68. The minimum atomic E-state index is -0.651. The van der Waals surface area contributed by atoms with Crippen LogP contribution < -0.4 is 4.90 Å². The van der Waals surface area contributed by atoms with E-state index in [1.54, 1.807) is 12.1 Å². The van der Waals surface area contributed by atoms with Crippen molar-refractivity contribution in [1.82, 2.24) is 9.97 Å². The molecule has 1 aliphatic rings. The number of nitrogens with zero attached hydrogens (tertiary/aromatic N) is 3. The van der Waals surface area contributed by atoms with Crippen LogP contribution in [0.1, 0.15) is 28.9 Å². The van der Waals surface area contributed by atoms with E-state index in [9.17, 15) is 9.18 Å². The van der Waals surface area contributed by atoms with Crippen LogP contribution in [-0.4, -0.2) is 29.0 Å². The van der Waals surface area contributed by atoms with Crippen LogP contribution in [0.15, 0.2) is 30.5 Å². The molecule has 1 aromatic carbocycles. The van der Waals surface area contributed by atoms with Crippen molar-refractivity contribution < 1.29 is 13.9 Å². The van der Waals surface area contributed by atoms with E-state index in [-0.39, 0.29) is 23.1 Å². The molecule has 0 unspecified atom stereocenters. The zero-order valence-corrected chi connectivity index (χ0v) is 13.1. The van der Waals surface area contributed by atoms with Gasteiger partial charge in [0.2, 0.25) is 5.95 Å². The van der Waals surface area contributed by atoms with Crippen LogP contribution in [0.2, 0.25) is 5.02 Å². The van der Waals surface area contributed by atoms with E-state index in [4.69, 9.17) is 16.3 Å². The quantitative estimate of drug-likeness (QED) is 0.803. The third-order valence-corrected chi connectivity index (χ3v) is 3.85. The van der Waals surface area contributed by atoms with Gasteiger partial charge in [0.15, 0.2) is 5.69 Å². The Balaban J connectivity index is 1.72. The Kier molecular flexibility index (Phi) is 4.71. The second-order valence-corrected chi connectivity index (χ2v) is 5.67. The predicted molar refractivity (Wildman–Crippen MR) is 84.0 cm³/mol. The number of rotatable bonds is 4. The lowest BCUT2D eigenvalue weighted by molar-refractivity contribution is 0.0465. The van der Waals surface area contributed by atoms with Crippen LogP contribution in [0.3, 0.4) is 0 Å².